The first-order chi connectivity index (χ1) is 8.37. The molecule has 0 N–H and O–H groups in total. The van der Waals surface area contributed by atoms with E-state index < -0.39 is 5.04 Å². The zero-order valence-electron chi connectivity index (χ0n) is 11.7. The van der Waals surface area contributed by atoms with Crippen molar-refractivity contribution in [2.75, 3.05) is 0 Å². The van der Waals surface area contributed by atoms with Crippen molar-refractivity contribution >= 4 is 22.2 Å². The van der Waals surface area contributed by atoms with E-state index in [4.69, 9.17) is 4.74 Å². The molecule has 1 aliphatic heterocycles. The van der Waals surface area contributed by atoms with Crippen LogP contribution >= 0.6 is 0 Å². The molecular weight excluding hydrogens is 244 g/mol. The number of rotatable bonds is 3. The number of allylic oxidation sites excluding steroid dienone is 2. The Balaban J connectivity index is 2.32. The average molecular weight is 266 g/mol. The number of cyclic esters (lactones) is 2. The first-order valence-electron chi connectivity index (χ1n) is 6.83. The highest BCUT2D eigenvalue weighted by atomic mass is 28.1. The van der Waals surface area contributed by atoms with Gasteiger partial charge in [-0.25, -0.2) is 0 Å². The fourth-order valence-electron chi connectivity index (χ4n) is 3.05. The summed E-state index contributed by atoms with van der Waals surface area (Å²) in [5, 5.41) is -0.483. The van der Waals surface area contributed by atoms with Gasteiger partial charge in [-0.1, -0.05) is 32.4 Å². The number of fused-ring (bicyclic) bond motifs is 1. The van der Waals surface area contributed by atoms with Gasteiger partial charge in [-0.05, 0) is 31.1 Å². The first-order valence-corrected chi connectivity index (χ1v) is 7.83. The van der Waals surface area contributed by atoms with Crippen LogP contribution in [0.1, 0.15) is 46.5 Å². The van der Waals surface area contributed by atoms with E-state index in [1.54, 1.807) is 0 Å². The van der Waals surface area contributed by atoms with Crippen LogP contribution in [0.3, 0.4) is 0 Å². The normalized spacial score (nSPS) is 32.2. The van der Waals surface area contributed by atoms with Crippen molar-refractivity contribution in [3.8, 4) is 0 Å². The van der Waals surface area contributed by atoms with Crippen molar-refractivity contribution < 1.29 is 14.3 Å². The predicted octanol–water partition coefficient (Wildman–Crippen LogP) is 1.76. The van der Waals surface area contributed by atoms with Crippen molar-refractivity contribution in [3.05, 3.63) is 11.6 Å². The van der Waals surface area contributed by atoms with Gasteiger partial charge in [0.2, 0.25) is 0 Å². The molecule has 0 bridgehead atoms. The third-order valence-electron chi connectivity index (χ3n) is 5.25. The van der Waals surface area contributed by atoms with Crippen molar-refractivity contribution in [2.24, 2.45) is 11.3 Å². The van der Waals surface area contributed by atoms with Gasteiger partial charge < -0.3 is 4.74 Å². The monoisotopic (exact) mass is 266 g/mol. The summed E-state index contributed by atoms with van der Waals surface area (Å²) in [4.78, 5) is 23.6. The highest BCUT2D eigenvalue weighted by molar-refractivity contribution is 6.32. The number of carbonyl (C=O) groups is 2. The summed E-state index contributed by atoms with van der Waals surface area (Å²) in [5.41, 5.74) is 1.50. The van der Waals surface area contributed by atoms with E-state index in [1.165, 1.54) is 5.57 Å². The van der Waals surface area contributed by atoms with Crippen molar-refractivity contribution in [1.82, 2.24) is 0 Å². The van der Waals surface area contributed by atoms with E-state index >= 15 is 0 Å². The van der Waals surface area contributed by atoms with E-state index in [9.17, 15) is 9.59 Å². The van der Waals surface area contributed by atoms with Gasteiger partial charge in [-0.2, -0.15) is 0 Å². The Morgan fingerprint density at radius 2 is 2.06 bits per heavy atom. The lowest BCUT2D eigenvalue weighted by atomic mass is 9.68. The lowest BCUT2D eigenvalue weighted by molar-refractivity contribution is -0.153. The maximum Gasteiger partial charge on any atom is 0.317 e. The molecule has 100 valence electrons. The molecule has 4 heteroatoms. The Morgan fingerprint density at radius 1 is 1.44 bits per heavy atom. The SMILES string of the molecule is CCC(C)(CC)C1=CCC2([SiH3])C(=O)OC(=O)C2C1. The molecule has 2 atom stereocenters. The second-order valence-corrected chi connectivity index (χ2v) is 7.87. The summed E-state index contributed by atoms with van der Waals surface area (Å²) in [7, 11) is 0.690. The second-order valence-electron chi connectivity index (χ2n) is 6.08. The van der Waals surface area contributed by atoms with Gasteiger partial charge >= 0.3 is 11.9 Å². The molecule has 0 radical (unpaired) electrons. The van der Waals surface area contributed by atoms with Crippen LogP contribution in [0.5, 0.6) is 0 Å². The van der Waals surface area contributed by atoms with Crippen LogP contribution in [0.15, 0.2) is 11.6 Å². The number of esters is 2. The molecule has 2 unspecified atom stereocenters. The van der Waals surface area contributed by atoms with E-state index in [0.29, 0.717) is 23.1 Å². The second kappa shape index (κ2) is 4.33. The molecule has 18 heavy (non-hydrogen) atoms. The van der Waals surface area contributed by atoms with Gasteiger partial charge in [0.15, 0.2) is 0 Å². The zero-order valence-corrected chi connectivity index (χ0v) is 13.7. The number of hydrogen-bond acceptors (Lipinski definition) is 3. The van der Waals surface area contributed by atoms with Crippen molar-refractivity contribution in [2.45, 2.75) is 51.5 Å². The quantitative estimate of drug-likeness (QED) is 0.338. The number of carbonyl (C=O) groups excluding carboxylic acids is 2. The van der Waals surface area contributed by atoms with Crippen LogP contribution < -0.4 is 0 Å². The standard InChI is InChI=1S/C14H22O3Si/c1-4-13(3,5-2)9-6-7-14(18)10(8-9)11(15)17-12(14)16/h6,10H,4-5,7-8H2,1-3,18H3. The molecule has 0 aromatic heterocycles. The maximum absolute atomic E-state index is 11.8. The van der Waals surface area contributed by atoms with Crippen molar-refractivity contribution in [3.63, 3.8) is 0 Å². The minimum absolute atomic E-state index is 0.162. The van der Waals surface area contributed by atoms with E-state index in [-0.39, 0.29) is 23.3 Å². The largest absolute Gasteiger partial charge is 0.393 e. The summed E-state index contributed by atoms with van der Waals surface area (Å²) in [6.07, 6.45) is 5.75. The molecule has 3 nitrogen and oxygen atoms in total. The summed E-state index contributed by atoms with van der Waals surface area (Å²) >= 11 is 0. The molecule has 2 aliphatic rings. The van der Waals surface area contributed by atoms with Crippen LogP contribution in [-0.4, -0.2) is 22.2 Å². The van der Waals surface area contributed by atoms with Gasteiger partial charge in [0, 0.05) is 10.2 Å². The molecule has 0 aromatic carbocycles. The third-order valence-corrected chi connectivity index (χ3v) is 6.76. The Labute approximate surface area is 111 Å². The molecule has 2 rings (SSSR count). The van der Waals surface area contributed by atoms with Gasteiger partial charge in [-0.15, -0.1) is 0 Å². The molecule has 0 spiro atoms. The van der Waals surface area contributed by atoms with Crippen LogP contribution in [0.4, 0.5) is 0 Å². The highest BCUT2D eigenvalue weighted by Crippen LogP contribution is 2.53. The lowest BCUT2D eigenvalue weighted by Crippen LogP contribution is -2.33. The van der Waals surface area contributed by atoms with Gasteiger partial charge in [0.1, 0.15) is 0 Å². The Kier molecular flexibility index (Phi) is 3.26. The predicted molar refractivity (Wildman–Crippen MR) is 73.2 cm³/mol. The molecular formula is C14H22O3Si. The van der Waals surface area contributed by atoms with Gasteiger partial charge in [-0.3, -0.25) is 9.59 Å². The van der Waals surface area contributed by atoms with E-state index in [2.05, 4.69) is 26.8 Å². The number of ether oxygens (including phenoxy) is 1. The Bertz CT molecular complexity index is 423. The van der Waals surface area contributed by atoms with E-state index in [0.717, 1.165) is 12.8 Å². The average Bonchev–Trinajstić information content (AvgIpc) is 2.59. The molecule has 1 fully saturated rings. The summed E-state index contributed by atoms with van der Waals surface area (Å²) in [6, 6.07) is 0. The van der Waals surface area contributed by atoms with Crippen molar-refractivity contribution in [1.29, 1.82) is 0 Å². The molecule has 1 heterocycles. The smallest absolute Gasteiger partial charge is 0.317 e. The zero-order chi connectivity index (χ0) is 13.6. The van der Waals surface area contributed by atoms with Gasteiger partial charge in [0.25, 0.3) is 0 Å². The van der Waals surface area contributed by atoms with Crippen LogP contribution in [0.2, 0.25) is 5.04 Å². The molecule has 1 saturated heterocycles. The highest BCUT2D eigenvalue weighted by Gasteiger charge is 2.55. The van der Waals surface area contributed by atoms with E-state index in [1.807, 2.05) is 0 Å². The van der Waals surface area contributed by atoms with Crippen LogP contribution in [-0.2, 0) is 14.3 Å². The summed E-state index contributed by atoms with van der Waals surface area (Å²) in [5.74, 6) is -0.793. The molecule has 0 amide bonds. The third kappa shape index (κ3) is 1.78. The number of hydrogen-bond donors (Lipinski definition) is 0. The first kappa shape index (κ1) is 13.5. The fourth-order valence-corrected chi connectivity index (χ4v) is 3.80. The lowest BCUT2D eigenvalue weighted by Gasteiger charge is -2.38. The maximum atomic E-state index is 11.8. The Morgan fingerprint density at radius 3 is 2.61 bits per heavy atom. The molecule has 1 aliphatic carbocycles. The Hall–Kier alpha value is -0.903. The molecule has 0 saturated carbocycles. The minimum Gasteiger partial charge on any atom is -0.393 e. The van der Waals surface area contributed by atoms with Crippen LogP contribution in [0.25, 0.3) is 0 Å². The summed E-state index contributed by atoms with van der Waals surface area (Å²) < 4.78 is 4.86. The van der Waals surface area contributed by atoms with Crippen LogP contribution in [0, 0.1) is 11.3 Å². The summed E-state index contributed by atoms with van der Waals surface area (Å²) in [6.45, 7) is 6.62. The molecule has 0 aromatic rings. The topological polar surface area (TPSA) is 43.4 Å². The fraction of sp³-hybridized carbons (Fsp3) is 0.714. The van der Waals surface area contributed by atoms with Gasteiger partial charge in [0.05, 0.1) is 11.0 Å². The minimum atomic E-state index is -0.483.